The van der Waals surface area contributed by atoms with Crippen LogP contribution in [-0.4, -0.2) is 38.4 Å². The summed E-state index contributed by atoms with van der Waals surface area (Å²) in [4.78, 5) is 13.7. The summed E-state index contributed by atoms with van der Waals surface area (Å²) in [5.41, 5.74) is -0.635. The second kappa shape index (κ2) is 7.74. The average Bonchev–Trinajstić information content (AvgIpc) is 2.54. The summed E-state index contributed by atoms with van der Waals surface area (Å²) >= 11 is 0. The van der Waals surface area contributed by atoms with Crippen LogP contribution in [0, 0.1) is 0 Å². The van der Waals surface area contributed by atoms with Crippen molar-refractivity contribution in [3.05, 3.63) is 23.8 Å². The Morgan fingerprint density at radius 3 is 2.58 bits per heavy atom. The number of alkyl halides is 3. The smallest absolute Gasteiger partial charge is 0.378 e. The van der Waals surface area contributed by atoms with Crippen molar-refractivity contribution in [2.24, 2.45) is 0 Å². The van der Waals surface area contributed by atoms with Gasteiger partial charge in [0.25, 0.3) is 0 Å². The van der Waals surface area contributed by atoms with Crippen LogP contribution in [0.3, 0.4) is 0 Å². The molecule has 1 atom stereocenters. The molecule has 0 spiro atoms. The number of nitrogens with zero attached hydrogens (tertiary/aromatic N) is 1. The van der Waals surface area contributed by atoms with E-state index in [0.717, 1.165) is 6.07 Å². The molecule has 1 fully saturated rings. The number of anilines is 2. The van der Waals surface area contributed by atoms with Gasteiger partial charge in [0, 0.05) is 24.8 Å². The number of ether oxygens (including phenoxy) is 1. The maximum Gasteiger partial charge on any atom is 0.418 e. The molecule has 1 aliphatic rings. The van der Waals surface area contributed by atoms with Gasteiger partial charge >= 0.3 is 12.2 Å². The molecular weight excluding hydrogens is 323 g/mol. The molecule has 0 aromatic heterocycles. The predicted molar refractivity (Wildman–Crippen MR) is 86.4 cm³/mol. The minimum atomic E-state index is -4.55. The molecule has 1 aliphatic heterocycles. The van der Waals surface area contributed by atoms with Crippen molar-refractivity contribution < 1.29 is 22.7 Å². The Morgan fingerprint density at radius 2 is 2.00 bits per heavy atom. The fraction of sp³-hybridized carbons (Fsp3) is 0.562. The van der Waals surface area contributed by atoms with Gasteiger partial charge in [0.05, 0.1) is 24.5 Å². The molecule has 2 rings (SSSR count). The Morgan fingerprint density at radius 1 is 1.33 bits per heavy atom. The van der Waals surface area contributed by atoms with E-state index in [9.17, 15) is 18.0 Å². The number of hydrogen-bond acceptors (Lipinski definition) is 3. The molecule has 0 bridgehead atoms. The minimum absolute atomic E-state index is 0.119. The normalized spacial score (nSPS) is 16.6. The maximum atomic E-state index is 13.4. The Bertz CT molecular complexity index is 572. The lowest BCUT2D eigenvalue weighted by molar-refractivity contribution is -0.136. The van der Waals surface area contributed by atoms with E-state index >= 15 is 0 Å². The number of morpholine rings is 1. The third kappa shape index (κ3) is 4.77. The molecule has 8 heteroatoms. The van der Waals surface area contributed by atoms with E-state index in [1.54, 1.807) is 13.0 Å². The lowest BCUT2D eigenvalue weighted by atomic mass is 10.1. The molecule has 5 nitrogen and oxygen atoms in total. The number of halogens is 3. The lowest BCUT2D eigenvalue weighted by Gasteiger charge is -2.29. The average molecular weight is 345 g/mol. The lowest BCUT2D eigenvalue weighted by Crippen LogP contribution is -2.37. The molecule has 2 amide bonds. The fourth-order valence-corrected chi connectivity index (χ4v) is 2.38. The summed E-state index contributed by atoms with van der Waals surface area (Å²) in [6, 6.07) is 3.19. The van der Waals surface area contributed by atoms with E-state index in [1.165, 1.54) is 6.07 Å². The van der Waals surface area contributed by atoms with Gasteiger partial charge in [-0.2, -0.15) is 13.2 Å². The molecule has 0 aliphatic carbocycles. The molecule has 1 heterocycles. The zero-order valence-corrected chi connectivity index (χ0v) is 13.7. The van der Waals surface area contributed by atoms with E-state index in [0.29, 0.717) is 38.4 Å². The summed E-state index contributed by atoms with van der Waals surface area (Å²) in [5.74, 6) is 0. The van der Waals surface area contributed by atoms with Gasteiger partial charge in [-0.25, -0.2) is 4.79 Å². The number of hydrogen-bond donors (Lipinski definition) is 2. The molecule has 1 aromatic rings. The van der Waals surface area contributed by atoms with Crippen molar-refractivity contribution in [1.82, 2.24) is 5.32 Å². The Kier molecular flexibility index (Phi) is 5.93. The van der Waals surface area contributed by atoms with E-state index in [2.05, 4.69) is 10.6 Å². The van der Waals surface area contributed by atoms with Crippen LogP contribution in [0.5, 0.6) is 0 Å². The van der Waals surface area contributed by atoms with E-state index in [1.807, 2.05) is 11.8 Å². The number of rotatable bonds is 4. The number of amides is 2. The quantitative estimate of drug-likeness (QED) is 0.879. The van der Waals surface area contributed by atoms with Crippen molar-refractivity contribution in [2.75, 3.05) is 36.5 Å². The maximum absolute atomic E-state index is 13.4. The van der Waals surface area contributed by atoms with Crippen LogP contribution in [0.4, 0.5) is 29.3 Å². The van der Waals surface area contributed by atoms with Crippen molar-refractivity contribution in [1.29, 1.82) is 0 Å². The summed E-state index contributed by atoms with van der Waals surface area (Å²) in [6.45, 7) is 5.71. The molecule has 1 saturated heterocycles. The molecule has 0 saturated carbocycles. The predicted octanol–water partition coefficient (Wildman–Crippen LogP) is 3.46. The monoisotopic (exact) mass is 345 g/mol. The van der Waals surface area contributed by atoms with Crippen LogP contribution in [0.2, 0.25) is 0 Å². The topological polar surface area (TPSA) is 53.6 Å². The Hall–Kier alpha value is -1.96. The van der Waals surface area contributed by atoms with Gasteiger partial charge in [-0.15, -0.1) is 0 Å². The third-order valence-electron chi connectivity index (χ3n) is 3.92. The SMILES string of the molecule is CC[C@H](C)NC(=O)Nc1ccc(N2CCOCC2)cc1C(F)(F)F. The highest BCUT2D eigenvalue weighted by Crippen LogP contribution is 2.37. The standard InChI is InChI=1S/C16H22F3N3O2/c1-3-11(2)20-15(23)21-14-5-4-12(10-13(14)16(17,18)19)22-6-8-24-9-7-22/h4-5,10-11H,3,6-9H2,1-2H3,(H2,20,21,23)/t11-/m0/s1. The molecule has 0 unspecified atom stereocenters. The summed E-state index contributed by atoms with van der Waals surface area (Å²) in [5, 5.41) is 4.89. The third-order valence-corrected chi connectivity index (χ3v) is 3.92. The molecule has 0 radical (unpaired) electrons. The number of carbonyl (C=O) groups excluding carboxylic acids is 1. The van der Waals surface area contributed by atoms with Crippen LogP contribution in [0.1, 0.15) is 25.8 Å². The van der Waals surface area contributed by atoms with Crippen LogP contribution in [-0.2, 0) is 10.9 Å². The second-order valence-electron chi connectivity index (χ2n) is 5.73. The van der Waals surface area contributed by atoms with Crippen molar-refractivity contribution in [3.8, 4) is 0 Å². The number of benzene rings is 1. The van der Waals surface area contributed by atoms with Gasteiger partial charge in [0.2, 0.25) is 0 Å². The first-order valence-electron chi connectivity index (χ1n) is 7.92. The number of nitrogens with one attached hydrogen (secondary N) is 2. The van der Waals surface area contributed by atoms with Gasteiger partial charge in [0.1, 0.15) is 0 Å². The molecule has 134 valence electrons. The summed E-state index contributed by atoms with van der Waals surface area (Å²) in [7, 11) is 0. The summed E-state index contributed by atoms with van der Waals surface area (Å²) < 4.78 is 45.3. The highest BCUT2D eigenvalue weighted by Gasteiger charge is 2.35. The molecule has 2 N–H and O–H groups in total. The Balaban J connectivity index is 2.22. The first kappa shape index (κ1) is 18.4. The highest BCUT2D eigenvalue weighted by molar-refractivity contribution is 5.90. The highest BCUT2D eigenvalue weighted by atomic mass is 19.4. The van der Waals surface area contributed by atoms with Crippen LogP contribution >= 0.6 is 0 Å². The van der Waals surface area contributed by atoms with Crippen LogP contribution < -0.4 is 15.5 Å². The molecular formula is C16H22F3N3O2. The fourth-order valence-electron chi connectivity index (χ4n) is 2.38. The van der Waals surface area contributed by atoms with E-state index in [4.69, 9.17) is 4.74 Å². The van der Waals surface area contributed by atoms with Crippen molar-refractivity contribution in [2.45, 2.75) is 32.5 Å². The van der Waals surface area contributed by atoms with Gasteiger partial charge in [-0.05, 0) is 31.5 Å². The zero-order valence-electron chi connectivity index (χ0n) is 13.7. The van der Waals surface area contributed by atoms with E-state index < -0.39 is 17.8 Å². The Labute approximate surface area is 139 Å². The number of carbonyl (C=O) groups is 1. The van der Waals surface area contributed by atoms with Gasteiger partial charge in [-0.1, -0.05) is 6.92 Å². The molecule has 1 aromatic carbocycles. The zero-order chi connectivity index (χ0) is 17.7. The first-order valence-corrected chi connectivity index (χ1v) is 7.92. The molecule has 24 heavy (non-hydrogen) atoms. The van der Waals surface area contributed by atoms with Crippen molar-refractivity contribution in [3.63, 3.8) is 0 Å². The largest absolute Gasteiger partial charge is 0.418 e. The minimum Gasteiger partial charge on any atom is -0.378 e. The van der Waals surface area contributed by atoms with Gasteiger partial charge in [0.15, 0.2) is 0 Å². The van der Waals surface area contributed by atoms with Crippen molar-refractivity contribution >= 4 is 17.4 Å². The van der Waals surface area contributed by atoms with Crippen LogP contribution in [0.15, 0.2) is 18.2 Å². The second-order valence-corrected chi connectivity index (χ2v) is 5.73. The van der Waals surface area contributed by atoms with E-state index in [-0.39, 0.29) is 11.7 Å². The first-order chi connectivity index (χ1) is 11.3. The number of urea groups is 1. The van der Waals surface area contributed by atoms with Gasteiger partial charge in [-0.3, -0.25) is 0 Å². The summed E-state index contributed by atoms with van der Waals surface area (Å²) in [6.07, 6.45) is -3.86. The van der Waals surface area contributed by atoms with Gasteiger partial charge < -0.3 is 20.3 Å². The van der Waals surface area contributed by atoms with Crippen LogP contribution in [0.25, 0.3) is 0 Å².